The van der Waals surface area contributed by atoms with E-state index < -0.39 is 0 Å². The smallest absolute Gasteiger partial charge is 0.165 e. The maximum Gasteiger partial charge on any atom is 0.165 e. The van der Waals surface area contributed by atoms with Gasteiger partial charge in [0, 0.05) is 44.8 Å². The number of thiophene rings is 1. The number of carbonyl (C=O) groups excluding carboxylic acids is 1. The van der Waals surface area contributed by atoms with Crippen LogP contribution in [0.2, 0.25) is 5.02 Å². The van der Waals surface area contributed by atoms with Crippen molar-refractivity contribution in [2.75, 3.05) is 11.1 Å². The summed E-state index contributed by atoms with van der Waals surface area (Å²) in [6, 6.07) is 9.33. The zero-order chi connectivity index (χ0) is 17.5. The molecule has 1 heterocycles. The van der Waals surface area contributed by atoms with Crippen LogP contribution in [0.25, 0.3) is 5.57 Å². The Kier molecular flexibility index (Phi) is 4.12. The van der Waals surface area contributed by atoms with Gasteiger partial charge in [-0.3, -0.25) is 4.79 Å². The van der Waals surface area contributed by atoms with E-state index in [1.165, 1.54) is 11.3 Å². The van der Waals surface area contributed by atoms with Crippen LogP contribution in [0.5, 0.6) is 0 Å². The number of nitrogens with two attached hydrogens (primary N) is 1. The fourth-order valence-corrected chi connectivity index (χ4v) is 4.12. The summed E-state index contributed by atoms with van der Waals surface area (Å²) in [5.74, 6) is 0.00302. The molecule has 0 saturated carbocycles. The van der Waals surface area contributed by atoms with Gasteiger partial charge >= 0.3 is 0 Å². The molecule has 4 nitrogen and oxygen atoms in total. The van der Waals surface area contributed by atoms with Crippen molar-refractivity contribution in [2.24, 2.45) is 0 Å². The third-order valence-electron chi connectivity index (χ3n) is 4.06. The molecule has 2 aromatic rings. The number of nitrogens with zero attached hydrogens (tertiary/aromatic N) is 1. The van der Waals surface area contributed by atoms with Crippen LogP contribution in [0, 0.1) is 11.3 Å². The van der Waals surface area contributed by atoms with Gasteiger partial charge < -0.3 is 11.1 Å². The summed E-state index contributed by atoms with van der Waals surface area (Å²) in [4.78, 5) is 13.6. The highest BCUT2D eigenvalue weighted by atomic mass is 35.5. The Balaban J connectivity index is 2.08. The number of rotatable bonds is 2. The third-order valence-corrected chi connectivity index (χ3v) is 5.70. The molecule has 0 spiro atoms. The molecule has 1 aliphatic rings. The number of allylic oxidation sites excluding steroid dienone is 1. The minimum atomic E-state index is -0.322. The summed E-state index contributed by atoms with van der Waals surface area (Å²) in [6.07, 6.45) is 2.05. The number of hydrogen-bond donors (Lipinski definition) is 2. The first kappa shape index (κ1) is 16.6. The lowest BCUT2D eigenvalue weighted by atomic mass is 9.74. The lowest BCUT2D eigenvalue weighted by Gasteiger charge is -2.30. The second kappa shape index (κ2) is 5.97. The SMILES string of the molecule is CC1(C)CC(=O)C(=CNc2ccc(Cl)cc2)c2c1sc(N)c2C#N. The normalized spacial score (nSPS) is 17.4. The summed E-state index contributed by atoms with van der Waals surface area (Å²) >= 11 is 7.27. The number of nitrogen functional groups attached to an aromatic ring is 1. The van der Waals surface area contributed by atoms with E-state index in [0.29, 0.717) is 33.1 Å². The zero-order valence-corrected chi connectivity index (χ0v) is 14.9. The van der Waals surface area contributed by atoms with Gasteiger partial charge in [0.15, 0.2) is 5.78 Å². The molecule has 0 aliphatic heterocycles. The van der Waals surface area contributed by atoms with E-state index in [9.17, 15) is 10.1 Å². The highest BCUT2D eigenvalue weighted by Gasteiger charge is 2.39. The van der Waals surface area contributed by atoms with Crippen molar-refractivity contribution in [2.45, 2.75) is 25.7 Å². The van der Waals surface area contributed by atoms with Crippen LogP contribution in [0.4, 0.5) is 10.7 Å². The second-order valence-corrected chi connectivity index (χ2v) is 7.84. The van der Waals surface area contributed by atoms with Gasteiger partial charge in [-0.15, -0.1) is 11.3 Å². The molecule has 0 saturated heterocycles. The van der Waals surface area contributed by atoms with Gasteiger partial charge in [-0.25, -0.2) is 0 Å². The summed E-state index contributed by atoms with van der Waals surface area (Å²) in [6.45, 7) is 4.01. The molecule has 0 bridgehead atoms. The number of hydrogen-bond acceptors (Lipinski definition) is 5. The number of benzene rings is 1. The minimum absolute atomic E-state index is 0.00302. The van der Waals surface area contributed by atoms with E-state index in [1.807, 2.05) is 26.0 Å². The van der Waals surface area contributed by atoms with E-state index >= 15 is 0 Å². The molecular formula is C18H16ClN3OS. The van der Waals surface area contributed by atoms with E-state index in [4.69, 9.17) is 17.3 Å². The number of halogens is 1. The molecule has 0 atom stereocenters. The van der Waals surface area contributed by atoms with Crippen LogP contribution in [-0.2, 0) is 10.2 Å². The fourth-order valence-electron chi connectivity index (χ4n) is 2.86. The summed E-state index contributed by atoms with van der Waals surface area (Å²) in [7, 11) is 0. The van der Waals surface area contributed by atoms with Crippen LogP contribution in [0.1, 0.15) is 36.3 Å². The third kappa shape index (κ3) is 2.79. The summed E-state index contributed by atoms with van der Waals surface area (Å²) in [5, 5.41) is 13.7. The topological polar surface area (TPSA) is 78.9 Å². The van der Waals surface area contributed by atoms with Crippen molar-refractivity contribution in [1.29, 1.82) is 5.26 Å². The number of nitriles is 1. The molecule has 122 valence electrons. The van der Waals surface area contributed by atoms with E-state index in [1.54, 1.807) is 18.3 Å². The molecule has 0 unspecified atom stereocenters. The van der Waals surface area contributed by atoms with Crippen molar-refractivity contribution in [3.8, 4) is 6.07 Å². The molecule has 3 N–H and O–H groups in total. The van der Waals surface area contributed by atoms with Gasteiger partial charge in [-0.1, -0.05) is 25.4 Å². The Morgan fingerprint density at radius 2 is 2.04 bits per heavy atom. The van der Waals surface area contributed by atoms with Crippen LogP contribution >= 0.6 is 22.9 Å². The number of carbonyl (C=O) groups is 1. The minimum Gasteiger partial charge on any atom is -0.389 e. The molecular weight excluding hydrogens is 342 g/mol. The Labute approximate surface area is 149 Å². The zero-order valence-electron chi connectivity index (χ0n) is 13.3. The Bertz CT molecular complexity index is 888. The predicted molar refractivity (Wildman–Crippen MR) is 99.1 cm³/mol. The maximum absolute atomic E-state index is 12.7. The largest absolute Gasteiger partial charge is 0.389 e. The van der Waals surface area contributed by atoms with E-state index in [2.05, 4.69) is 11.4 Å². The highest BCUT2D eigenvalue weighted by Crippen LogP contribution is 2.48. The summed E-state index contributed by atoms with van der Waals surface area (Å²) < 4.78 is 0. The number of fused-ring (bicyclic) bond motifs is 1. The molecule has 0 radical (unpaired) electrons. The van der Waals surface area contributed by atoms with Crippen molar-refractivity contribution in [3.63, 3.8) is 0 Å². The standard InChI is InChI=1S/C18H16ClN3OS/c1-18(2)7-14(23)13(9-22-11-5-3-10(19)4-6-11)15-12(8-20)17(21)24-16(15)18/h3-6,9,22H,7,21H2,1-2H3. The van der Waals surface area contributed by atoms with Crippen molar-refractivity contribution >= 4 is 45.0 Å². The quantitative estimate of drug-likeness (QED) is 0.772. The molecule has 6 heteroatoms. The first-order valence-electron chi connectivity index (χ1n) is 7.42. The van der Waals surface area contributed by atoms with Crippen molar-refractivity contribution in [1.82, 2.24) is 0 Å². The van der Waals surface area contributed by atoms with Crippen molar-refractivity contribution in [3.05, 3.63) is 51.5 Å². The molecule has 1 aliphatic carbocycles. The lowest BCUT2D eigenvalue weighted by Crippen LogP contribution is -2.28. The second-order valence-electron chi connectivity index (χ2n) is 6.35. The fraction of sp³-hybridized carbons (Fsp3) is 0.222. The van der Waals surface area contributed by atoms with Gasteiger partial charge in [0.25, 0.3) is 0 Å². The van der Waals surface area contributed by atoms with Crippen molar-refractivity contribution < 1.29 is 4.79 Å². The number of ketones is 1. The molecule has 1 aromatic carbocycles. The molecule has 1 aromatic heterocycles. The first-order valence-corrected chi connectivity index (χ1v) is 8.61. The molecule has 0 fully saturated rings. The van der Waals surface area contributed by atoms with Gasteiger partial charge in [0.2, 0.25) is 0 Å². The number of nitrogens with one attached hydrogen (secondary N) is 1. The average Bonchev–Trinajstić information content (AvgIpc) is 2.86. The Morgan fingerprint density at radius 3 is 2.67 bits per heavy atom. The average molecular weight is 358 g/mol. The van der Waals surface area contributed by atoms with Crippen LogP contribution in [0.15, 0.2) is 30.5 Å². The van der Waals surface area contributed by atoms with E-state index in [0.717, 1.165) is 10.6 Å². The summed E-state index contributed by atoms with van der Waals surface area (Å²) in [5.41, 5.74) is 8.06. The Morgan fingerprint density at radius 1 is 1.38 bits per heavy atom. The number of anilines is 2. The van der Waals surface area contributed by atoms with Gasteiger partial charge in [-0.2, -0.15) is 5.26 Å². The van der Waals surface area contributed by atoms with Gasteiger partial charge in [0.05, 0.1) is 5.56 Å². The predicted octanol–water partition coefficient (Wildman–Crippen LogP) is 4.56. The van der Waals surface area contributed by atoms with Crippen LogP contribution in [0.3, 0.4) is 0 Å². The molecule has 24 heavy (non-hydrogen) atoms. The van der Waals surface area contributed by atoms with Gasteiger partial charge in [-0.05, 0) is 24.3 Å². The molecule has 3 rings (SSSR count). The van der Waals surface area contributed by atoms with Gasteiger partial charge in [0.1, 0.15) is 11.1 Å². The number of Topliss-reactive ketones (excluding diaryl/α,β-unsaturated/α-hetero) is 1. The Hall–Kier alpha value is -2.29. The monoisotopic (exact) mass is 357 g/mol. The van der Waals surface area contributed by atoms with E-state index in [-0.39, 0.29) is 11.2 Å². The maximum atomic E-state index is 12.7. The lowest BCUT2D eigenvalue weighted by molar-refractivity contribution is -0.114. The highest BCUT2D eigenvalue weighted by molar-refractivity contribution is 7.16. The first-order chi connectivity index (χ1) is 11.3. The van der Waals surface area contributed by atoms with Crippen LogP contribution < -0.4 is 11.1 Å². The molecule has 0 amide bonds. The van der Waals surface area contributed by atoms with Crippen LogP contribution in [-0.4, -0.2) is 5.78 Å².